The lowest BCUT2D eigenvalue weighted by atomic mass is 9.83. The zero-order valence-electron chi connectivity index (χ0n) is 16.2. The number of carbonyl (C=O) groups is 2. The number of nitrogens with one attached hydrogen (secondary N) is 2. The molecule has 0 aliphatic heterocycles. The lowest BCUT2D eigenvalue weighted by molar-refractivity contribution is -0.127. The van der Waals surface area contributed by atoms with E-state index in [0.717, 1.165) is 5.56 Å². The van der Waals surface area contributed by atoms with Crippen molar-refractivity contribution in [2.75, 3.05) is 0 Å². The first-order valence-electron chi connectivity index (χ1n) is 9.54. The number of rotatable bonds is 5. The zero-order chi connectivity index (χ0) is 20.1. The van der Waals surface area contributed by atoms with Gasteiger partial charge < -0.3 is 15.7 Å². The predicted molar refractivity (Wildman–Crippen MR) is 104 cm³/mol. The highest BCUT2D eigenvalue weighted by molar-refractivity contribution is 5.96. The van der Waals surface area contributed by atoms with E-state index in [9.17, 15) is 14.7 Å². The van der Waals surface area contributed by atoms with Crippen LogP contribution in [0.2, 0.25) is 0 Å². The Bertz CT molecular complexity index is 821. The van der Waals surface area contributed by atoms with Gasteiger partial charge in [-0.05, 0) is 38.7 Å². The normalized spacial score (nSPS) is 21.8. The lowest BCUT2D eigenvalue weighted by Gasteiger charge is -2.33. The van der Waals surface area contributed by atoms with Gasteiger partial charge in [0, 0.05) is 12.5 Å². The second-order valence-electron chi connectivity index (χ2n) is 7.28. The summed E-state index contributed by atoms with van der Waals surface area (Å²) in [5, 5.41) is 16.2. The molecular weight excluding hydrogens is 356 g/mol. The van der Waals surface area contributed by atoms with Gasteiger partial charge in [-0.25, -0.2) is 9.97 Å². The van der Waals surface area contributed by atoms with Gasteiger partial charge in [-0.15, -0.1) is 0 Å². The molecule has 0 radical (unpaired) electrons. The Morgan fingerprint density at radius 3 is 2.46 bits per heavy atom. The Morgan fingerprint density at radius 2 is 1.79 bits per heavy atom. The largest absolute Gasteiger partial charge is 0.391 e. The lowest BCUT2D eigenvalue weighted by Crippen LogP contribution is -2.49. The van der Waals surface area contributed by atoms with Gasteiger partial charge >= 0.3 is 0 Å². The molecule has 1 aliphatic carbocycles. The summed E-state index contributed by atoms with van der Waals surface area (Å²) in [6, 6.07) is 9.24. The second kappa shape index (κ2) is 8.93. The molecule has 28 heavy (non-hydrogen) atoms. The summed E-state index contributed by atoms with van der Waals surface area (Å²) in [4.78, 5) is 33.4. The van der Waals surface area contributed by atoms with Crippen LogP contribution >= 0.6 is 0 Å². The number of hydrogen-bond donors (Lipinski definition) is 3. The molecule has 2 aromatic rings. The number of carbonyl (C=O) groups excluding carboxylic acids is 2. The number of amides is 2. The van der Waals surface area contributed by atoms with Crippen LogP contribution in [0, 0.1) is 19.8 Å². The Balaban J connectivity index is 1.61. The van der Waals surface area contributed by atoms with E-state index >= 15 is 0 Å². The molecule has 1 heterocycles. The standard InChI is InChI=1S/C21H26N4O3/c1-13-19(14(2)24-12-23-13)21(28)25-17-10-16(8-9-18(17)26)20(27)22-11-15-6-4-3-5-7-15/h3-7,12,16-18,26H,8-11H2,1-2H3,(H,22,27)(H,25,28)/t16-,17+,18+/m0/s1. The fourth-order valence-corrected chi connectivity index (χ4v) is 3.64. The van der Waals surface area contributed by atoms with Crippen LogP contribution in [0.25, 0.3) is 0 Å². The summed E-state index contributed by atoms with van der Waals surface area (Å²) in [5.41, 5.74) is 2.64. The number of aliphatic hydroxyl groups is 1. The third-order valence-corrected chi connectivity index (χ3v) is 5.26. The minimum atomic E-state index is -0.674. The molecular formula is C21H26N4O3. The highest BCUT2D eigenvalue weighted by atomic mass is 16.3. The average molecular weight is 382 g/mol. The Kier molecular flexibility index (Phi) is 6.36. The molecule has 7 heteroatoms. The van der Waals surface area contributed by atoms with Crippen molar-refractivity contribution >= 4 is 11.8 Å². The first-order valence-corrected chi connectivity index (χ1v) is 9.54. The summed E-state index contributed by atoms with van der Waals surface area (Å²) in [5.74, 6) is -0.609. The molecule has 148 valence electrons. The Hall–Kier alpha value is -2.80. The molecule has 0 spiro atoms. The van der Waals surface area contributed by atoms with E-state index in [1.54, 1.807) is 13.8 Å². The van der Waals surface area contributed by atoms with Crippen molar-refractivity contribution in [3.63, 3.8) is 0 Å². The maximum Gasteiger partial charge on any atom is 0.255 e. The van der Waals surface area contributed by atoms with Crippen molar-refractivity contribution in [3.8, 4) is 0 Å². The van der Waals surface area contributed by atoms with Gasteiger partial charge in [0.25, 0.3) is 5.91 Å². The van der Waals surface area contributed by atoms with Crippen LogP contribution in [0.4, 0.5) is 0 Å². The van der Waals surface area contributed by atoms with Gasteiger partial charge in [0.2, 0.25) is 5.91 Å². The highest BCUT2D eigenvalue weighted by Gasteiger charge is 2.34. The minimum absolute atomic E-state index is 0.0505. The fraction of sp³-hybridized carbons (Fsp3) is 0.429. The molecule has 3 rings (SSSR count). The summed E-state index contributed by atoms with van der Waals surface area (Å²) < 4.78 is 0. The van der Waals surface area contributed by atoms with Crippen LogP contribution in [0.15, 0.2) is 36.7 Å². The van der Waals surface area contributed by atoms with Crippen molar-refractivity contribution in [2.45, 2.75) is 51.8 Å². The van der Waals surface area contributed by atoms with E-state index < -0.39 is 12.1 Å². The molecule has 3 atom stereocenters. The third-order valence-electron chi connectivity index (χ3n) is 5.26. The van der Waals surface area contributed by atoms with Crippen LogP contribution in [-0.4, -0.2) is 39.0 Å². The van der Waals surface area contributed by atoms with Crippen molar-refractivity contribution in [1.82, 2.24) is 20.6 Å². The first-order chi connectivity index (χ1) is 13.5. The monoisotopic (exact) mass is 382 g/mol. The topological polar surface area (TPSA) is 104 Å². The number of aliphatic hydroxyl groups excluding tert-OH is 1. The maximum atomic E-state index is 12.7. The number of benzene rings is 1. The second-order valence-corrected chi connectivity index (χ2v) is 7.28. The molecule has 1 aromatic carbocycles. The molecule has 2 amide bonds. The quantitative estimate of drug-likeness (QED) is 0.730. The van der Waals surface area contributed by atoms with Crippen molar-refractivity contribution < 1.29 is 14.7 Å². The van der Waals surface area contributed by atoms with Crippen molar-refractivity contribution in [3.05, 3.63) is 59.2 Å². The van der Waals surface area contributed by atoms with Crippen molar-refractivity contribution in [2.24, 2.45) is 5.92 Å². The van der Waals surface area contributed by atoms with E-state index in [2.05, 4.69) is 20.6 Å². The van der Waals surface area contributed by atoms with Crippen LogP contribution in [0.3, 0.4) is 0 Å². The van der Waals surface area contributed by atoms with Crippen LogP contribution in [0.1, 0.15) is 46.6 Å². The molecule has 3 N–H and O–H groups in total. The number of aromatic nitrogens is 2. The van der Waals surface area contributed by atoms with Crippen molar-refractivity contribution in [1.29, 1.82) is 0 Å². The molecule has 0 bridgehead atoms. The number of aryl methyl sites for hydroxylation is 2. The molecule has 0 unspecified atom stereocenters. The average Bonchev–Trinajstić information content (AvgIpc) is 2.68. The summed E-state index contributed by atoms with van der Waals surface area (Å²) in [7, 11) is 0. The Labute approximate surface area is 164 Å². The summed E-state index contributed by atoms with van der Waals surface area (Å²) >= 11 is 0. The SMILES string of the molecule is Cc1ncnc(C)c1C(=O)N[C@@H]1C[C@@H](C(=O)NCc2ccccc2)CC[C@H]1O. The van der Waals surface area contributed by atoms with E-state index in [4.69, 9.17) is 0 Å². The molecule has 1 aromatic heterocycles. The smallest absolute Gasteiger partial charge is 0.255 e. The van der Waals surface area contributed by atoms with Gasteiger partial charge in [0.15, 0.2) is 0 Å². The maximum absolute atomic E-state index is 12.7. The van der Waals surface area contributed by atoms with E-state index in [1.807, 2.05) is 30.3 Å². The van der Waals surface area contributed by atoms with Crippen LogP contribution < -0.4 is 10.6 Å². The Morgan fingerprint density at radius 1 is 1.11 bits per heavy atom. The zero-order valence-corrected chi connectivity index (χ0v) is 16.2. The molecule has 1 saturated carbocycles. The molecule has 0 saturated heterocycles. The van der Waals surface area contributed by atoms with E-state index in [0.29, 0.717) is 42.8 Å². The number of nitrogens with zero attached hydrogens (tertiary/aromatic N) is 2. The number of hydrogen-bond acceptors (Lipinski definition) is 5. The summed E-state index contributed by atoms with van der Waals surface area (Å²) in [6.07, 6.45) is 2.22. The molecule has 1 fully saturated rings. The molecule has 7 nitrogen and oxygen atoms in total. The van der Waals surface area contributed by atoms with Crippen LogP contribution in [0.5, 0.6) is 0 Å². The van der Waals surface area contributed by atoms with Gasteiger partial charge in [-0.2, -0.15) is 0 Å². The predicted octanol–water partition coefficient (Wildman–Crippen LogP) is 1.67. The first kappa shape index (κ1) is 19.9. The van der Waals surface area contributed by atoms with Gasteiger partial charge in [0.05, 0.1) is 29.1 Å². The molecule has 1 aliphatic rings. The van der Waals surface area contributed by atoms with E-state index in [1.165, 1.54) is 6.33 Å². The summed E-state index contributed by atoms with van der Waals surface area (Å²) in [6.45, 7) is 3.97. The minimum Gasteiger partial charge on any atom is -0.391 e. The fourth-order valence-electron chi connectivity index (χ4n) is 3.64. The highest BCUT2D eigenvalue weighted by Crippen LogP contribution is 2.25. The van der Waals surface area contributed by atoms with Gasteiger partial charge in [-0.1, -0.05) is 30.3 Å². The van der Waals surface area contributed by atoms with Gasteiger partial charge in [0.1, 0.15) is 6.33 Å². The third kappa shape index (κ3) is 4.72. The van der Waals surface area contributed by atoms with E-state index in [-0.39, 0.29) is 17.7 Å². The van der Waals surface area contributed by atoms with Crippen LogP contribution in [-0.2, 0) is 11.3 Å². The van der Waals surface area contributed by atoms with Gasteiger partial charge in [-0.3, -0.25) is 9.59 Å².